The third kappa shape index (κ3) is 29.7. The molecule has 1 aliphatic carbocycles. The van der Waals surface area contributed by atoms with Crippen molar-refractivity contribution in [3.63, 3.8) is 0 Å². The number of nitrogens with one attached hydrogen (secondary N) is 2. The number of alkyl carbamates (subject to hydrolysis) is 2. The van der Waals surface area contributed by atoms with Gasteiger partial charge in [0.1, 0.15) is 24.7 Å². The predicted octanol–water partition coefficient (Wildman–Crippen LogP) is 17.5. The molecular formula is C69H112N2O10. The number of unbranched alkanes of at least 4 members (excludes halogenated alkanes) is 18. The van der Waals surface area contributed by atoms with Gasteiger partial charge in [0.05, 0.1) is 20.3 Å². The predicted molar refractivity (Wildman–Crippen MR) is 330 cm³/mol. The molecule has 1 saturated carbocycles. The van der Waals surface area contributed by atoms with Gasteiger partial charge in [0.25, 0.3) is 0 Å². The Morgan fingerprint density at radius 1 is 0.519 bits per heavy atom. The summed E-state index contributed by atoms with van der Waals surface area (Å²) in [6, 6.07) is 15.8. The van der Waals surface area contributed by atoms with Gasteiger partial charge in [-0.3, -0.25) is 0 Å². The number of ether oxygens (including phenoxy) is 6. The maximum atomic E-state index is 13.0. The average molecular weight is 1130 g/mol. The van der Waals surface area contributed by atoms with Gasteiger partial charge in [-0.1, -0.05) is 213 Å². The van der Waals surface area contributed by atoms with Crippen LogP contribution in [0, 0.1) is 29.6 Å². The van der Waals surface area contributed by atoms with E-state index in [-0.39, 0.29) is 42.8 Å². The molecule has 2 amide bonds. The van der Waals surface area contributed by atoms with E-state index in [1.54, 1.807) is 13.8 Å². The molecule has 81 heavy (non-hydrogen) atoms. The van der Waals surface area contributed by atoms with E-state index in [2.05, 4.69) is 68.4 Å². The number of hydrogen-bond donors (Lipinski definition) is 2. The van der Waals surface area contributed by atoms with Crippen molar-refractivity contribution in [3.05, 3.63) is 84.0 Å². The highest BCUT2D eigenvalue weighted by Gasteiger charge is 2.38. The molecule has 0 heterocycles. The molecule has 3 rings (SSSR count). The van der Waals surface area contributed by atoms with Crippen LogP contribution in [-0.2, 0) is 34.0 Å². The van der Waals surface area contributed by atoms with Gasteiger partial charge in [-0.25, -0.2) is 19.2 Å². The maximum Gasteiger partial charge on any atom is 0.407 e. The number of esters is 2. The molecule has 0 bridgehead atoms. The highest BCUT2D eigenvalue weighted by molar-refractivity contribution is 5.87. The zero-order valence-electron chi connectivity index (χ0n) is 52.1. The Hall–Kier alpha value is -5.00. The van der Waals surface area contributed by atoms with Crippen LogP contribution in [0.1, 0.15) is 239 Å². The van der Waals surface area contributed by atoms with Crippen LogP contribution in [0.25, 0.3) is 0 Å². The second-order valence-electron chi connectivity index (χ2n) is 24.2. The molecule has 6 atom stereocenters. The van der Waals surface area contributed by atoms with Crippen LogP contribution in [0.4, 0.5) is 9.59 Å². The molecule has 0 spiro atoms. The first-order valence-corrected chi connectivity index (χ1v) is 32.0. The fraction of sp³-hybridized carbons (Fsp3) is 0.710. The third-order valence-electron chi connectivity index (χ3n) is 16.7. The number of rotatable bonds is 45. The first-order valence-electron chi connectivity index (χ1n) is 32.0. The van der Waals surface area contributed by atoms with Crippen molar-refractivity contribution in [2.75, 3.05) is 46.6 Å². The molecule has 2 aromatic carbocycles. The second kappa shape index (κ2) is 41.9. The van der Waals surface area contributed by atoms with Gasteiger partial charge >= 0.3 is 24.1 Å². The van der Waals surface area contributed by atoms with E-state index in [0.29, 0.717) is 31.0 Å². The fourth-order valence-corrected chi connectivity index (χ4v) is 11.6. The van der Waals surface area contributed by atoms with Crippen molar-refractivity contribution in [1.82, 2.24) is 10.6 Å². The summed E-state index contributed by atoms with van der Waals surface area (Å²) >= 11 is 0. The SMILES string of the molecule is C=C(C)C(=O)OCC(C)COc1ccc(C(C)(C)c2ccc(OCC(COC(=O)C(=C)C)OC(=O)NCCCCCCCCCC3C(CCCCCCCCCNC(=O)OC)CCC(CCCCC)C3CCCCCCC)cc2)cc1. The molecule has 2 aromatic rings. The molecule has 0 saturated heterocycles. The molecule has 458 valence electrons. The minimum absolute atomic E-state index is 0.00127. The van der Waals surface area contributed by atoms with Crippen molar-refractivity contribution >= 4 is 24.1 Å². The van der Waals surface area contributed by atoms with Crippen LogP contribution in [0.3, 0.4) is 0 Å². The number of benzene rings is 2. The highest BCUT2D eigenvalue weighted by Crippen LogP contribution is 2.48. The van der Waals surface area contributed by atoms with E-state index in [1.807, 2.05) is 43.3 Å². The van der Waals surface area contributed by atoms with E-state index in [0.717, 1.165) is 72.7 Å². The fourth-order valence-electron chi connectivity index (χ4n) is 11.6. The number of carbonyl (C=O) groups is 4. The lowest BCUT2D eigenvalue weighted by Gasteiger charge is -2.44. The standard InChI is InChI=1S/C69H112N2O10/c1-11-13-15-22-29-35-63-56(33-27-14-12-2)37-38-57(34-28-23-18-16-20-25-31-47-70-67(74)76-10)64(63)36-30-24-19-17-21-26-32-48-71-68(75)81-62(52-80-66(73)54(5)6)51-78-61-45-41-59(42-46-61)69(8,9)58-39-43-60(44-40-58)77-49-55(7)50-79-65(72)53(3)4/h39-46,55-57,62-64H,3,5,11-38,47-52H2,1-2,4,6-10H3,(H,70,74)(H,71,75). The summed E-state index contributed by atoms with van der Waals surface area (Å²) in [4.78, 5) is 48.4. The lowest BCUT2D eigenvalue weighted by atomic mass is 9.61. The molecule has 0 aromatic heterocycles. The third-order valence-corrected chi connectivity index (χ3v) is 16.7. The van der Waals surface area contributed by atoms with Crippen molar-refractivity contribution in [2.24, 2.45) is 29.6 Å². The summed E-state index contributed by atoms with van der Waals surface area (Å²) in [5.74, 6) is 3.99. The van der Waals surface area contributed by atoms with Crippen molar-refractivity contribution in [2.45, 2.75) is 240 Å². The molecular weight excluding hydrogens is 1020 g/mol. The molecule has 6 unspecified atom stereocenters. The summed E-state index contributed by atoms with van der Waals surface area (Å²) < 4.78 is 33.2. The largest absolute Gasteiger partial charge is 0.493 e. The highest BCUT2D eigenvalue weighted by atomic mass is 16.6. The summed E-state index contributed by atoms with van der Waals surface area (Å²) in [6.07, 6.45) is 34.7. The van der Waals surface area contributed by atoms with Gasteiger partial charge < -0.3 is 39.1 Å². The molecule has 12 nitrogen and oxygen atoms in total. The molecule has 1 aliphatic rings. The van der Waals surface area contributed by atoms with Crippen LogP contribution < -0.4 is 20.1 Å². The summed E-state index contributed by atoms with van der Waals surface area (Å²) in [5.41, 5.74) is 2.50. The van der Waals surface area contributed by atoms with Crippen molar-refractivity contribution in [3.8, 4) is 11.5 Å². The normalized spacial score (nSPS) is 16.8. The van der Waals surface area contributed by atoms with Crippen LogP contribution in [0.5, 0.6) is 11.5 Å². The van der Waals surface area contributed by atoms with Crippen LogP contribution >= 0.6 is 0 Å². The molecule has 0 radical (unpaired) electrons. The Balaban J connectivity index is 1.44. The average Bonchev–Trinajstić information content (AvgIpc) is 3.53. The van der Waals surface area contributed by atoms with E-state index in [4.69, 9.17) is 23.7 Å². The molecule has 1 fully saturated rings. The number of amides is 2. The molecule has 2 N–H and O–H groups in total. The van der Waals surface area contributed by atoms with Gasteiger partial charge in [0.2, 0.25) is 0 Å². The van der Waals surface area contributed by atoms with Crippen LogP contribution in [0.15, 0.2) is 72.8 Å². The van der Waals surface area contributed by atoms with E-state index in [9.17, 15) is 19.2 Å². The van der Waals surface area contributed by atoms with Gasteiger partial charge in [0, 0.05) is 35.6 Å². The Labute approximate surface area is 491 Å². The van der Waals surface area contributed by atoms with E-state index in [1.165, 1.54) is 155 Å². The minimum atomic E-state index is -0.826. The summed E-state index contributed by atoms with van der Waals surface area (Å²) in [6.45, 7) is 23.2. The molecule has 0 aliphatic heterocycles. The quantitative estimate of drug-likeness (QED) is 0.0284. The Morgan fingerprint density at radius 3 is 1.36 bits per heavy atom. The smallest absolute Gasteiger partial charge is 0.407 e. The Bertz CT molecular complexity index is 2050. The van der Waals surface area contributed by atoms with Gasteiger partial charge in [-0.05, 0) is 111 Å². The zero-order chi connectivity index (χ0) is 59.1. The summed E-state index contributed by atoms with van der Waals surface area (Å²) in [5, 5.41) is 5.71. The Morgan fingerprint density at radius 2 is 0.901 bits per heavy atom. The molecule has 12 heteroatoms. The van der Waals surface area contributed by atoms with Gasteiger partial charge in [0.15, 0.2) is 6.10 Å². The zero-order valence-corrected chi connectivity index (χ0v) is 52.1. The summed E-state index contributed by atoms with van der Waals surface area (Å²) in [7, 11) is 1.42. The first-order chi connectivity index (χ1) is 39.1. The van der Waals surface area contributed by atoms with Gasteiger partial charge in [-0.2, -0.15) is 0 Å². The maximum absolute atomic E-state index is 13.0. The minimum Gasteiger partial charge on any atom is -0.493 e. The monoisotopic (exact) mass is 1130 g/mol. The van der Waals surface area contributed by atoms with Crippen molar-refractivity contribution < 1.29 is 47.6 Å². The van der Waals surface area contributed by atoms with E-state index < -0.39 is 24.1 Å². The second-order valence-corrected chi connectivity index (χ2v) is 24.2. The van der Waals surface area contributed by atoms with E-state index >= 15 is 0 Å². The Kier molecular flexibility index (Phi) is 36.4. The lowest BCUT2D eigenvalue weighted by Crippen LogP contribution is -2.36. The lowest BCUT2D eigenvalue weighted by molar-refractivity contribution is -0.142. The van der Waals surface area contributed by atoms with Gasteiger partial charge in [-0.15, -0.1) is 0 Å². The number of methoxy groups -OCH3 is 1. The number of hydrogen-bond acceptors (Lipinski definition) is 10. The topological polar surface area (TPSA) is 148 Å². The first kappa shape index (κ1) is 70.3. The van der Waals surface area contributed by atoms with Crippen LogP contribution in [0.2, 0.25) is 0 Å². The van der Waals surface area contributed by atoms with Crippen molar-refractivity contribution in [1.29, 1.82) is 0 Å². The van der Waals surface area contributed by atoms with Crippen LogP contribution in [-0.4, -0.2) is 76.9 Å². The number of carbonyl (C=O) groups excluding carboxylic acids is 4.